The molecular weight excluding hydrogens is 421 g/mol. The summed E-state index contributed by atoms with van der Waals surface area (Å²) in [5.41, 5.74) is 6.95. The van der Waals surface area contributed by atoms with E-state index in [1.54, 1.807) is 6.07 Å². The van der Waals surface area contributed by atoms with Crippen LogP contribution in [0.4, 0.5) is 4.39 Å². The molecule has 2 amide bonds. The number of rotatable bonds is 5. The molecule has 0 bridgehead atoms. The van der Waals surface area contributed by atoms with Crippen LogP contribution in [0.25, 0.3) is 11.4 Å². The second-order valence-corrected chi connectivity index (χ2v) is 9.70. The molecule has 0 spiro atoms. The molecule has 1 aromatic carbocycles. The van der Waals surface area contributed by atoms with Crippen molar-refractivity contribution in [3.63, 3.8) is 0 Å². The van der Waals surface area contributed by atoms with Gasteiger partial charge < -0.3 is 20.5 Å². The van der Waals surface area contributed by atoms with E-state index in [0.717, 1.165) is 18.7 Å². The minimum atomic E-state index is -0.808. The van der Waals surface area contributed by atoms with Gasteiger partial charge in [-0.2, -0.15) is 0 Å². The topological polar surface area (TPSA) is 93.2 Å². The van der Waals surface area contributed by atoms with E-state index in [4.69, 9.17) is 17.3 Å². The fourth-order valence-electron chi connectivity index (χ4n) is 3.82. The number of nitrogens with two attached hydrogens (primary N) is 1. The third kappa shape index (κ3) is 5.43. The maximum Gasteiger partial charge on any atom is 0.272 e. The maximum absolute atomic E-state index is 13.7. The van der Waals surface area contributed by atoms with Crippen LogP contribution in [0.2, 0.25) is 5.02 Å². The van der Waals surface area contributed by atoms with E-state index in [0.29, 0.717) is 30.9 Å². The number of nitrogens with zero attached hydrogens (tertiary/aromatic N) is 3. The van der Waals surface area contributed by atoms with Gasteiger partial charge >= 0.3 is 0 Å². The van der Waals surface area contributed by atoms with Gasteiger partial charge in [-0.05, 0) is 50.0 Å². The molecule has 31 heavy (non-hydrogen) atoms. The van der Waals surface area contributed by atoms with Crippen molar-refractivity contribution in [1.29, 1.82) is 0 Å². The van der Waals surface area contributed by atoms with Gasteiger partial charge in [-0.25, -0.2) is 9.37 Å². The highest BCUT2D eigenvalue weighted by atomic mass is 35.5. The fourth-order valence-corrected chi connectivity index (χ4v) is 4.00. The lowest BCUT2D eigenvalue weighted by atomic mass is 9.88. The van der Waals surface area contributed by atoms with Crippen molar-refractivity contribution in [2.24, 2.45) is 11.1 Å². The molecule has 0 saturated heterocycles. The third-order valence-electron chi connectivity index (χ3n) is 5.27. The van der Waals surface area contributed by atoms with E-state index < -0.39 is 23.7 Å². The summed E-state index contributed by atoms with van der Waals surface area (Å²) in [5.74, 6) is -1.01. The van der Waals surface area contributed by atoms with Gasteiger partial charge in [0.05, 0.1) is 10.7 Å². The molecule has 3 N–H and O–H groups in total. The number of benzene rings is 1. The van der Waals surface area contributed by atoms with Crippen LogP contribution >= 0.6 is 11.6 Å². The Labute approximate surface area is 186 Å². The minimum Gasteiger partial charge on any atom is -0.368 e. The predicted molar refractivity (Wildman–Crippen MR) is 118 cm³/mol. The van der Waals surface area contributed by atoms with Crippen LogP contribution in [0.3, 0.4) is 0 Å². The molecule has 2 heterocycles. The Bertz CT molecular complexity index is 999. The summed E-state index contributed by atoms with van der Waals surface area (Å²) in [5, 5.41) is 2.76. The molecule has 1 aromatic heterocycles. The van der Waals surface area contributed by atoms with E-state index >= 15 is 0 Å². The Morgan fingerprint density at radius 3 is 2.65 bits per heavy atom. The van der Waals surface area contributed by atoms with E-state index in [1.165, 1.54) is 12.1 Å². The number of primary amides is 1. The van der Waals surface area contributed by atoms with Gasteiger partial charge in [0.25, 0.3) is 5.91 Å². The van der Waals surface area contributed by atoms with Crippen LogP contribution in [0, 0.1) is 11.2 Å². The number of carbonyl (C=O) groups excluding carboxylic acids is 2. The first kappa shape index (κ1) is 23.2. The summed E-state index contributed by atoms with van der Waals surface area (Å²) < 4.78 is 15.7. The summed E-state index contributed by atoms with van der Waals surface area (Å²) in [6.07, 6.45) is 1.28. The third-order valence-corrected chi connectivity index (χ3v) is 5.56. The predicted octanol–water partition coefficient (Wildman–Crippen LogP) is 3.20. The molecule has 3 rings (SSSR count). The maximum atomic E-state index is 13.7. The molecule has 9 heteroatoms. The highest BCUT2D eigenvalue weighted by Crippen LogP contribution is 2.29. The minimum absolute atomic E-state index is 0.00874. The first-order valence-corrected chi connectivity index (χ1v) is 10.7. The molecule has 1 aliphatic rings. The van der Waals surface area contributed by atoms with Gasteiger partial charge in [0.1, 0.15) is 17.7 Å². The van der Waals surface area contributed by atoms with Crippen LogP contribution in [0.15, 0.2) is 18.2 Å². The lowest BCUT2D eigenvalue weighted by molar-refractivity contribution is -0.120. The quantitative estimate of drug-likeness (QED) is 0.733. The summed E-state index contributed by atoms with van der Waals surface area (Å²) in [6.45, 7) is 7.96. The van der Waals surface area contributed by atoms with E-state index in [-0.39, 0.29) is 16.1 Å². The van der Waals surface area contributed by atoms with Gasteiger partial charge in [-0.1, -0.05) is 32.4 Å². The van der Waals surface area contributed by atoms with Crippen molar-refractivity contribution in [3.8, 4) is 11.4 Å². The van der Waals surface area contributed by atoms with Gasteiger partial charge in [0, 0.05) is 18.7 Å². The van der Waals surface area contributed by atoms with Gasteiger partial charge in [0.15, 0.2) is 5.69 Å². The second kappa shape index (κ2) is 8.96. The molecule has 7 nitrogen and oxygen atoms in total. The number of hydrogen-bond acceptors (Lipinski definition) is 4. The Hall–Kier alpha value is -2.45. The fraction of sp³-hybridized carbons (Fsp3) is 0.500. The molecule has 0 fully saturated rings. The van der Waals surface area contributed by atoms with Crippen molar-refractivity contribution in [2.75, 3.05) is 13.6 Å². The molecule has 1 unspecified atom stereocenters. The van der Waals surface area contributed by atoms with Gasteiger partial charge in [-0.15, -0.1) is 0 Å². The van der Waals surface area contributed by atoms with Crippen molar-refractivity contribution >= 4 is 23.4 Å². The Balaban J connectivity index is 2.03. The first-order chi connectivity index (χ1) is 14.5. The van der Waals surface area contributed by atoms with Gasteiger partial charge in [-0.3, -0.25) is 9.59 Å². The summed E-state index contributed by atoms with van der Waals surface area (Å²) >= 11 is 5.99. The number of imidazole rings is 1. The number of halogens is 2. The Morgan fingerprint density at radius 2 is 2.03 bits per heavy atom. The van der Waals surface area contributed by atoms with Crippen LogP contribution in [-0.2, 0) is 17.9 Å². The number of amides is 2. The standard InChI is InChI=1S/C22H29ClFN5O2/c1-22(2,3)11-16(19(25)30)26-21(31)18-17-12-28(4)8-5-9-29(17)20(27-18)13-6-7-15(24)14(23)10-13/h6-7,10,16H,5,8-9,11-12H2,1-4H3,(H2,25,30)(H,26,31). The van der Waals surface area contributed by atoms with Crippen molar-refractivity contribution < 1.29 is 14.0 Å². The van der Waals surface area contributed by atoms with Crippen LogP contribution in [0.1, 0.15) is 49.8 Å². The van der Waals surface area contributed by atoms with Crippen molar-refractivity contribution in [1.82, 2.24) is 19.8 Å². The number of nitrogens with one attached hydrogen (secondary N) is 1. The highest BCUT2D eigenvalue weighted by molar-refractivity contribution is 6.31. The van der Waals surface area contributed by atoms with Crippen molar-refractivity contribution in [2.45, 2.75) is 52.7 Å². The number of carbonyl (C=O) groups is 2. The molecule has 2 aromatic rings. The SMILES string of the molecule is CN1CCCn2c(-c3ccc(F)c(Cl)c3)nc(C(=O)NC(CC(C)(C)C)C(N)=O)c2C1. The number of fused-ring (bicyclic) bond motifs is 1. The van der Waals surface area contributed by atoms with Crippen molar-refractivity contribution in [3.05, 3.63) is 40.4 Å². The molecule has 0 saturated carbocycles. The summed E-state index contributed by atoms with van der Waals surface area (Å²) in [4.78, 5) is 31.9. The molecule has 0 aliphatic carbocycles. The zero-order valence-corrected chi connectivity index (χ0v) is 19.1. The Kier molecular flexibility index (Phi) is 6.71. The van der Waals surface area contributed by atoms with E-state index in [2.05, 4.69) is 15.2 Å². The summed E-state index contributed by atoms with van der Waals surface area (Å²) in [6, 6.07) is 3.58. The van der Waals surface area contributed by atoms with Gasteiger partial charge in [0.2, 0.25) is 5.91 Å². The average molecular weight is 450 g/mol. The normalized spacial score (nSPS) is 15.8. The first-order valence-electron chi connectivity index (χ1n) is 10.3. The molecular formula is C22H29ClFN5O2. The lowest BCUT2D eigenvalue weighted by Gasteiger charge is -2.24. The lowest BCUT2D eigenvalue weighted by Crippen LogP contribution is -2.46. The van der Waals surface area contributed by atoms with Crippen LogP contribution in [-0.4, -0.2) is 45.9 Å². The largest absolute Gasteiger partial charge is 0.368 e. The zero-order valence-electron chi connectivity index (χ0n) is 18.3. The average Bonchev–Trinajstić information content (AvgIpc) is 2.89. The molecule has 0 radical (unpaired) electrons. The second-order valence-electron chi connectivity index (χ2n) is 9.30. The number of hydrogen-bond donors (Lipinski definition) is 2. The Morgan fingerprint density at radius 1 is 1.32 bits per heavy atom. The summed E-state index contributed by atoms with van der Waals surface area (Å²) in [7, 11) is 1.98. The zero-order chi connectivity index (χ0) is 22.9. The van der Waals surface area contributed by atoms with E-state index in [1.807, 2.05) is 32.4 Å². The number of aromatic nitrogens is 2. The molecule has 168 valence electrons. The van der Waals surface area contributed by atoms with Crippen LogP contribution < -0.4 is 11.1 Å². The molecule has 1 atom stereocenters. The smallest absolute Gasteiger partial charge is 0.272 e. The van der Waals surface area contributed by atoms with Crippen LogP contribution in [0.5, 0.6) is 0 Å². The monoisotopic (exact) mass is 449 g/mol. The highest BCUT2D eigenvalue weighted by Gasteiger charge is 2.30. The van der Waals surface area contributed by atoms with E-state index in [9.17, 15) is 14.0 Å². The molecule has 1 aliphatic heterocycles.